The van der Waals surface area contributed by atoms with E-state index in [2.05, 4.69) is 5.32 Å². The number of nitrogens with one attached hydrogen (secondary N) is 1. The van der Waals surface area contributed by atoms with Crippen LogP contribution in [0.1, 0.15) is 49.4 Å². The molecule has 1 fully saturated rings. The standard InChI is InChI=1S/C18H24FNO4/c1-12(17(21)20-11-13-6-4-3-5-7-13)24-18(22)15-9-8-14(23-2)10-16(15)19/h8-10,12-13H,3-7,11H2,1-2H3,(H,20,21)/t12-/m0/s1. The normalized spacial score (nSPS) is 16.3. The number of hydrogen-bond donors (Lipinski definition) is 1. The van der Waals surface area contributed by atoms with E-state index in [-0.39, 0.29) is 11.5 Å². The fourth-order valence-electron chi connectivity index (χ4n) is 2.85. The minimum Gasteiger partial charge on any atom is -0.497 e. The fourth-order valence-corrected chi connectivity index (χ4v) is 2.85. The quantitative estimate of drug-likeness (QED) is 0.810. The lowest BCUT2D eigenvalue weighted by molar-refractivity contribution is -0.129. The zero-order valence-electron chi connectivity index (χ0n) is 14.1. The lowest BCUT2D eigenvalue weighted by atomic mass is 9.89. The van der Waals surface area contributed by atoms with Gasteiger partial charge in [-0.1, -0.05) is 19.3 Å². The molecule has 0 saturated heterocycles. The van der Waals surface area contributed by atoms with Crippen molar-refractivity contribution < 1.29 is 23.5 Å². The van der Waals surface area contributed by atoms with Gasteiger partial charge in [-0.25, -0.2) is 9.18 Å². The molecule has 0 radical (unpaired) electrons. The topological polar surface area (TPSA) is 64.6 Å². The van der Waals surface area contributed by atoms with E-state index in [1.165, 1.54) is 45.4 Å². The van der Waals surface area contributed by atoms with Crippen LogP contribution in [0.5, 0.6) is 5.75 Å². The van der Waals surface area contributed by atoms with Gasteiger partial charge < -0.3 is 14.8 Å². The molecule has 2 rings (SSSR count). The van der Waals surface area contributed by atoms with E-state index in [1.807, 2.05) is 0 Å². The average Bonchev–Trinajstić information content (AvgIpc) is 2.60. The van der Waals surface area contributed by atoms with Crippen LogP contribution in [0, 0.1) is 11.7 Å². The zero-order valence-corrected chi connectivity index (χ0v) is 14.1. The van der Waals surface area contributed by atoms with Gasteiger partial charge in [-0.05, 0) is 37.8 Å². The van der Waals surface area contributed by atoms with Crippen molar-refractivity contribution in [3.63, 3.8) is 0 Å². The molecule has 132 valence electrons. The Balaban J connectivity index is 1.84. The SMILES string of the molecule is COc1ccc(C(=O)O[C@@H](C)C(=O)NCC2CCCCC2)c(F)c1. The molecule has 0 unspecified atom stereocenters. The van der Waals surface area contributed by atoms with E-state index in [0.717, 1.165) is 18.9 Å². The summed E-state index contributed by atoms with van der Waals surface area (Å²) < 4.78 is 23.8. The van der Waals surface area contributed by atoms with Gasteiger partial charge in [0.25, 0.3) is 5.91 Å². The lowest BCUT2D eigenvalue weighted by Crippen LogP contribution is -2.38. The summed E-state index contributed by atoms with van der Waals surface area (Å²) in [6.07, 6.45) is 4.91. The van der Waals surface area contributed by atoms with Crippen molar-refractivity contribution in [2.75, 3.05) is 13.7 Å². The van der Waals surface area contributed by atoms with Crippen LogP contribution in [-0.2, 0) is 9.53 Å². The van der Waals surface area contributed by atoms with Gasteiger partial charge in [0.05, 0.1) is 12.7 Å². The third-order valence-electron chi connectivity index (χ3n) is 4.34. The highest BCUT2D eigenvalue weighted by Crippen LogP contribution is 2.23. The Morgan fingerprint density at radius 1 is 1.29 bits per heavy atom. The molecule has 1 atom stereocenters. The summed E-state index contributed by atoms with van der Waals surface area (Å²) in [7, 11) is 1.41. The Kier molecular flexibility index (Phi) is 6.58. The van der Waals surface area contributed by atoms with Gasteiger partial charge in [0, 0.05) is 12.6 Å². The molecule has 0 aromatic heterocycles. The molecule has 1 N–H and O–H groups in total. The number of carbonyl (C=O) groups is 2. The van der Waals surface area contributed by atoms with Crippen LogP contribution in [-0.4, -0.2) is 31.6 Å². The molecule has 1 aromatic rings. The first-order valence-electron chi connectivity index (χ1n) is 8.33. The predicted octanol–water partition coefficient (Wildman–Crippen LogP) is 3.08. The highest BCUT2D eigenvalue weighted by Gasteiger charge is 2.22. The van der Waals surface area contributed by atoms with E-state index in [1.54, 1.807) is 0 Å². The van der Waals surface area contributed by atoms with Crippen molar-refractivity contribution in [1.82, 2.24) is 5.32 Å². The summed E-state index contributed by atoms with van der Waals surface area (Å²) in [6, 6.07) is 3.85. The monoisotopic (exact) mass is 337 g/mol. The third kappa shape index (κ3) is 4.94. The van der Waals surface area contributed by atoms with Gasteiger partial charge in [0.1, 0.15) is 11.6 Å². The Hall–Kier alpha value is -2.11. The average molecular weight is 337 g/mol. The minimum absolute atomic E-state index is 0.220. The Morgan fingerprint density at radius 3 is 2.62 bits per heavy atom. The van der Waals surface area contributed by atoms with Crippen molar-refractivity contribution in [2.24, 2.45) is 5.92 Å². The first-order chi connectivity index (χ1) is 11.5. The number of hydrogen-bond acceptors (Lipinski definition) is 4. The van der Waals surface area contributed by atoms with Crippen molar-refractivity contribution in [3.8, 4) is 5.75 Å². The van der Waals surface area contributed by atoms with Crippen LogP contribution in [0.25, 0.3) is 0 Å². The van der Waals surface area contributed by atoms with Crippen LogP contribution < -0.4 is 10.1 Å². The molecule has 5 nitrogen and oxygen atoms in total. The van der Waals surface area contributed by atoms with Crippen LogP contribution in [0.15, 0.2) is 18.2 Å². The highest BCUT2D eigenvalue weighted by molar-refractivity contribution is 5.92. The maximum absolute atomic E-state index is 13.8. The van der Waals surface area contributed by atoms with E-state index in [4.69, 9.17) is 9.47 Å². The van der Waals surface area contributed by atoms with Crippen LogP contribution in [0.4, 0.5) is 4.39 Å². The summed E-state index contributed by atoms with van der Waals surface area (Å²) in [6.45, 7) is 2.08. The van der Waals surface area contributed by atoms with E-state index >= 15 is 0 Å². The van der Waals surface area contributed by atoms with Gasteiger partial charge >= 0.3 is 5.97 Å². The van der Waals surface area contributed by atoms with Crippen molar-refractivity contribution in [3.05, 3.63) is 29.6 Å². The number of ether oxygens (including phenoxy) is 2. The molecule has 1 saturated carbocycles. The molecule has 1 aliphatic rings. The molecule has 1 amide bonds. The molecular weight excluding hydrogens is 313 g/mol. The van der Waals surface area contributed by atoms with Crippen molar-refractivity contribution in [1.29, 1.82) is 0 Å². The number of rotatable bonds is 6. The van der Waals surface area contributed by atoms with Crippen LogP contribution in [0.2, 0.25) is 0 Å². The summed E-state index contributed by atoms with van der Waals surface area (Å²) in [5.74, 6) is -1.17. The van der Waals surface area contributed by atoms with Gasteiger partial charge in [-0.15, -0.1) is 0 Å². The molecule has 6 heteroatoms. The largest absolute Gasteiger partial charge is 0.497 e. The second kappa shape index (κ2) is 8.66. The number of benzene rings is 1. The highest BCUT2D eigenvalue weighted by atomic mass is 19.1. The van der Waals surface area contributed by atoms with E-state index in [0.29, 0.717) is 18.2 Å². The summed E-state index contributed by atoms with van der Waals surface area (Å²) in [4.78, 5) is 24.0. The molecule has 0 aliphatic heterocycles. The lowest BCUT2D eigenvalue weighted by Gasteiger charge is -2.22. The Morgan fingerprint density at radius 2 is 2.00 bits per heavy atom. The summed E-state index contributed by atoms with van der Waals surface area (Å²) in [5.41, 5.74) is -0.220. The van der Waals surface area contributed by atoms with Crippen LogP contribution in [0.3, 0.4) is 0 Å². The second-order valence-electron chi connectivity index (χ2n) is 6.14. The van der Waals surface area contributed by atoms with Gasteiger partial charge in [-0.2, -0.15) is 0 Å². The minimum atomic E-state index is -0.970. The van der Waals surface area contributed by atoms with Crippen LogP contribution >= 0.6 is 0 Å². The number of esters is 1. The molecule has 1 aliphatic carbocycles. The number of amides is 1. The molecule has 0 spiro atoms. The Labute approximate surface area is 141 Å². The maximum Gasteiger partial charge on any atom is 0.341 e. The molecule has 0 bridgehead atoms. The second-order valence-corrected chi connectivity index (χ2v) is 6.14. The van der Waals surface area contributed by atoms with Crippen molar-refractivity contribution in [2.45, 2.75) is 45.1 Å². The van der Waals surface area contributed by atoms with Crippen molar-refractivity contribution >= 4 is 11.9 Å². The van der Waals surface area contributed by atoms with E-state index < -0.39 is 17.9 Å². The molecular formula is C18H24FNO4. The number of halogens is 1. The predicted molar refractivity (Wildman–Crippen MR) is 87.4 cm³/mol. The number of carbonyl (C=O) groups excluding carboxylic acids is 2. The van der Waals surface area contributed by atoms with Gasteiger partial charge in [-0.3, -0.25) is 4.79 Å². The van der Waals surface area contributed by atoms with Gasteiger partial charge in [0.2, 0.25) is 0 Å². The van der Waals surface area contributed by atoms with E-state index in [9.17, 15) is 14.0 Å². The van der Waals surface area contributed by atoms with Gasteiger partial charge in [0.15, 0.2) is 6.10 Å². The smallest absolute Gasteiger partial charge is 0.341 e. The molecule has 1 aromatic carbocycles. The maximum atomic E-state index is 13.8. The summed E-state index contributed by atoms with van der Waals surface area (Å²) in [5, 5.41) is 2.81. The number of methoxy groups -OCH3 is 1. The summed E-state index contributed by atoms with van der Waals surface area (Å²) >= 11 is 0. The first-order valence-corrected chi connectivity index (χ1v) is 8.33. The first kappa shape index (κ1) is 18.2. The third-order valence-corrected chi connectivity index (χ3v) is 4.34. The molecule has 0 heterocycles. The Bertz CT molecular complexity index is 584. The fraction of sp³-hybridized carbons (Fsp3) is 0.556. The molecule has 24 heavy (non-hydrogen) atoms. The zero-order chi connectivity index (χ0) is 17.5.